The first-order valence-electron chi connectivity index (χ1n) is 7.21. The van der Waals surface area contributed by atoms with Crippen molar-refractivity contribution in [3.63, 3.8) is 0 Å². The highest BCUT2D eigenvalue weighted by molar-refractivity contribution is 5.80. The molecule has 0 aliphatic carbocycles. The summed E-state index contributed by atoms with van der Waals surface area (Å²) in [6.07, 6.45) is 0. The molecule has 0 amide bonds. The van der Waals surface area contributed by atoms with E-state index in [1.165, 1.54) is 0 Å². The lowest BCUT2D eigenvalue weighted by Gasteiger charge is -2.03. The van der Waals surface area contributed by atoms with Crippen molar-refractivity contribution in [1.82, 2.24) is 15.1 Å². The monoisotopic (exact) mass is 289 g/mol. The molecule has 22 heavy (non-hydrogen) atoms. The fourth-order valence-electron chi connectivity index (χ4n) is 2.81. The number of aromatic nitrogens is 3. The smallest absolute Gasteiger partial charge is 0.141 e. The Morgan fingerprint density at radius 3 is 2.55 bits per heavy atom. The van der Waals surface area contributed by atoms with Gasteiger partial charge >= 0.3 is 0 Å². The molecule has 0 fully saturated rings. The molecule has 4 heteroatoms. The number of hydrogen-bond donors (Lipinski definition) is 1. The standard InChI is InChI=1S/C18H15N3O/c1-11-17(12(2)22-21-11)13-6-5-7-14(10-13)18-19-15-8-3-4-9-16(15)20-18/h3-10H,1-2H3,(H,19,20). The van der Waals surface area contributed by atoms with Gasteiger partial charge in [0, 0.05) is 11.1 Å². The van der Waals surface area contributed by atoms with Gasteiger partial charge in [0.1, 0.15) is 11.6 Å². The summed E-state index contributed by atoms with van der Waals surface area (Å²) in [5.74, 6) is 1.70. The summed E-state index contributed by atoms with van der Waals surface area (Å²) in [6.45, 7) is 3.89. The number of para-hydroxylation sites is 2. The van der Waals surface area contributed by atoms with Crippen LogP contribution >= 0.6 is 0 Å². The van der Waals surface area contributed by atoms with Gasteiger partial charge in [-0.25, -0.2) is 4.98 Å². The summed E-state index contributed by atoms with van der Waals surface area (Å²) in [7, 11) is 0. The van der Waals surface area contributed by atoms with E-state index in [0.717, 1.165) is 45.0 Å². The fraction of sp³-hybridized carbons (Fsp3) is 0.111. The van der Waals surface area contributed by atoms with Gasteiger partial charge in [0.15, 0.2) is 0 Å². The van der Waals surface area contributed by atoms with Gasteiger partial charge in [-0.3, -0.25) is 0 Å². The average molecular weight is 289 g/mol. The summed E-state index contributed by atoms with van der Waals surface area (Å²) < 4.78 is 5.27. The van der Waals surface area contributed by atoms with Crippen molar-refractivity contribution in [2.75, 3.05) is 0 Å². The van der Waals surface area contributed by atoms with Crippen LogP contribution in [-0.2, 0) is 0 Å². The van der Waals surface area contributed by atoms with E-state index in [2.05, 4.69) is 33.3 Å². The molecule has 0 aliphatic heterocycles. The highest BCUT2D eigenvalue weighted by Gasteiger charge is 2.13. The summed E-state index contributed by atoms with van der Waals surface area (Å²) in [4.78, 5) is 8.02. The van der Waals surface area contributed by atoms with Gasteiger partial charge in [0.25, 0.3) is 0 Å². The van der Waals surface area contributed by atoms with E-state index in [4.69, 9.17) is 4.52 Å². The second-order valence-corrected chi connectivity index (χ2v) is 5.38. The number of nitrogens with one attached hydrogen (secondary N) is 1. The predicted octanol–water partition coefficient (Wildman–Crippen LogP) is 4.50. The van der Waals surface area contributed by atoms with E-state index >= 15 is 0 Å². The number of fused-ring (bicyclic) bond motifs is 1. The number of nitrogens with zero attached hydrogens (tertiary/aromatic N) is 2. The van der Waals surface area contributed by atoms with Crippen molar-refractivity contribution in [3.05, 3.63) is 60.0 Å². The molecule has 0 aliphatic rings. The molecule has 4 aromatic rings. The molecule has 4 rings (SSSR count). The summed E-state index contributed by atoms with van der Waals surface area (Å²) in [6, 6.07) is 16.3. The normalized spacial score (nSPS) is 11.2. The first kappa shape index (κ1) is 12.8. The van der Waals surface area contributed by atoms with Crippen molar-refractivity contribution in [1.29, 1.82) is 0 Å². The molecule has 0 spiro atoms. The highest BCUT2D eigenvalue weighted by atomic mass is 16.5. The second-order valence-electron chi connectivity index (χ2n) is 5.38. The number of aromatic amines is 1. The Kier molecular flexibility index (Phi) is 2.82. The van der Waals surface area contributed by atoms with Crippen LogP contribution in [0.5, 0.6) is 0 Å². The Balaban J connectivity index is 1.85. The van der Waals surface area contributed by atoms with Crippen molar-refractivity contribution in [2.45, 2.75) is 13.8 Å². The highest BCUT2D eigenvalue weighted by Crippen LogP contribution is 2.30. The van der Waals surface area contributed by atoms with Crippen LogP contribution < -0.4 is 0 Å². The molecule has 0 radical (unpaired) electrons. The maximum absolute atomic E-state index is 5.27. The van der Waals surface area contributed by atoms with E-state index in [9.17, 15) is 0 Å². The Labute approximate surface area is 127 Å². The Morgan fingerprint density at radius 1 is 0.955 bits per heavy atom. The van der Waals surface area contributed by atoms with Gasteiger partial charge in [-0.05, 0) is 37.6 Å². The number of hydrogen-bond acceptors (Lipinski definition) is 3. The van der Waals surface area contributed by atoms with Gasteiger partial charge in [-0.15, -0.1) is 0 Å². The van der Waals surface area contributed by atoms with Crippen LogP contribution in [0.15, 0.2) is 53.1 Å². The molecule has 2 aromatic carbocycles. The van der Waals surface area contributed by atoms with Crippen molar-refractivity contribution >= 4 is 11.0 Å². The molecule has 0 saturated carbocycles. The van der Waals surface area contributed by atoms with E-state index < -0.39 is 0 Å². The zero-order valence-electron chi connectivity index (χ0n) is 12.4. The number of rotatable bonds is 2. The van der Waals surface area contributed by atoms with Crippen LogP contribution in [-0.4, -0.2) is 15.1 Å². The van der Waals surface area contributed by atoms with Gasteiger partial charge in [-0.1, -0.05) is 35.5 Å². The van der Waals surface area contributed by atoms with Crippen molar-refractivity contribution < 1.29 is 4.52 Å². The Bertz CT molecular complexity index is 913. The summed E-state index contributed by atoms with van der Waals surface area (Å²) in [5, 5.41) is 4.03. The van der Waals surface area contributed by atoms with E-state index in [0.29, 0.717) is 0 Å². The minimum Gasteiger partial charge on any atom is -0.361 e. The van der Waals surface area contributed by atoms with Crippen LogP contribution in [0.4, 0.5) is 0 Å². The Morgan fingerprint density at radius 2 is 1.77 bits per heavy atom. The van der Waals surface area contributed by atoms with Gasteiger partial charge in [0.05, 0.1) is 16.7 Å². The zero-order chi connectivity index (χ0) is 15.1. The summed E-state index contributed by atoms with van der Waals surface area (Å²) >= 11 is 0. The molecule has 0 unspecified atom stereocenters. The first-order chi connectivity index (χ1) is 10.7. The molecule has 0 atom stereocenters. The van der Waals surface area contributed by atoms with E-state index in [1.807, 2.05) is 44.2 Å². The lowest BCUT2D eigenvalue weighted by molar-refractivity contribution is 0.393. The van der Waals surface area contributed by atoms with Crippen LogP contribution in [0, 0.1) is 13.8 Å². The maximum atomic E-state index is 5.27. The number of imidazole rings is 1. The third-order valence-corrected chi connectivity index (χ3v) is 3.85. The molecule has 4 nitrogen and oxygen atoms in total. The molecule has 108 valence electrons. The SMILES string of the molecule is Cc1noc(C)c1-c1cccc(-c2nc3ccccc3[nH]2)c1. The van der Waals surface area contributed by atoms with Gasteiger partial charge in [0.2, 0.25) is 0 Å². The quantitative estimate of drug-likeness (QED) is 0.591. The third-order valence-electron chi connectivity index (χ3n) is 3.85. The third kappa shape index (κ3) is 2.00. The van der Waals surface area contributed by atoms with Crippen LogP contribution in [0.2, 0.25) is 0 Å². The lowest BCUT2D eigenvalue weighted by Crippen LogP contribution is -1.85. The fourth-order valence-corrected chi connectivity index (χ4v) is 2.81. The minimum atomic E-state index is 0.833. The van der Waals surface area contributed by atoms with E-state index in [-0.39, 0.29) is 0 Å². The molecule has 2 aromatic heterocycles. The summed E-state index contributed by atoms with van der Waals surface area (Å²) in [5.41, 5.74) is 6.11. The van der Waals surface area contributed by atoms with Gasteiger partial charge < -0.3 is 9.51 Å². The number of benzene rings is 2. The second kappa shape index (κ2) is 4.84. The predicted molar refractivity (Wildman–Crippen MR) is 86.5 cm³/mol. The average Bonchev–Trinajstić information content (AvgIpc) is 3.11. The number of H-pyrrole nitrogens is 1. The van der Waals surface area contributed by atoms with Crippen LogP contribution in [0.3, 0.4) is 0 Å². The van der Waals surface area contributed by atoms with Crippen LogP contribution in [0.25, 0.3) is 33.5 Å². The largest absolute Gasteiger partial charge is 0.361 e. The van der Waals surface area contributed by atoms with Gasteiger partial charge in [-0.2, -0.15) is 0 Å². The first-order valence-corrected chi connectivity index (χ1v) is 7.21. The maximum Gasteiger partial charge on any atom is 0.141 e. The topological polar surface area (TPSA) is 54.7 Å². The van der Waals surface area contributed by atoms with Crippen LogP contribution in [0.1, 0.15) is 11.5 Å². The minimum absolute atomic E-state index is 0.833. The van der Waals surface area contributed by atoms with Crippen molar-refractivity contribution in [3.8, 4) is 22.5 Å². The lowest BCUT2D eigenvalue weighted by atomic mass is 10.0. The number of aryl methyl sites for hydroxylation is 2. The van der Waals surface area contributed by atoms with Crippen molar-refractivity contribution in [2.24, 2.45) is 0 Å². The molecule has 0 saturated heterocycles. The zero-order valence-corrected chi connectivity index (χ0v) is 12.4. The molecule has 2 heterocycles. The molecule has 1 N–H and O–H groups in total. The molecular weight excluding hydrogens is 274 g/mol. The molecule has 0 bridgehead atoms. The molecular formula is C18H15N3O. The van der Waals surface area contributed by atoms with E-state index in [1.54, 1.807) is 0 Å². The Hall–Kier alpha value is -2.88.